The number of carbonyl (C=O) groups excluding carboxylic acids is 1. The third kappa shape index (κ3) is 3.77. The molecule has 2 N–H and O–H groups in total. The number of aryl methyl sites for hydroxylation is 1. The van der Waals surface area contributed by atoms with Crippen LogP contribution in [-0.2, 0) is 11.8 Å². The van der Waals surface area contributed by atoms with Crippen LogP contribution in [0, 0.1) is 0 Å². The maximum absolute atomic E-state index is 12.3. The summed E-state index contributed by atoms with van der Waals surface area (Å²) in [6.07, 6.45) is 0. The molecule has 1 amide bonds. The molecule has 6 nitrogen and oxygen atoms in total. The molecule has 1 aromatic heterocycles. The van der Waals surface area contributed by atoms with Crippen LogP contribution in [0.3, 0.4) is 0 Å². The van der Waals surface area contributed by atoms with Crippen LogP contribution >= 0.6 is 0 Å². The van der Waals surface area contributed by atoms with Gasteiger partial charge in [0.15, 0.2) is 0 Å². The van der Waals surface area contributed by atoms with Gasteiger partial charge in [0.1, 0.15) is 5.69 Å². The van der Waals surface area contributed by atoms with Gasteiger partial charge in [0, 0.05) is 12.7 Å². The van der Waals surface area contributed by atoms with E-state index in [2.05, 4.69) is 10.4 Å². The number of carboxylic acid groups (broad SMARTS) is 1. The highest BCUT2D eigenvalue weighted by molar-refractivity contribution is 6.03. The monoisotopic (exact) mass is 315 g/mol. The van der Waals surface area contributed by atoms with E-state index in [0.717, 1.165) is 5.69 Å². The average molecular weight is 315 g/mol. The summed E-state index contributed by atoms with van der Waals surface area (Å²) >= 11 is 0. The highest BCUT2D eigenvalue weighted by Crippen LogP contribution is 2.19. The minimum Gasteiger partial charge on any atom is -0.481 e. The van der Waals surface area contributed by atoms with Crippen molar-refractivity contribution in [3.8, 4) is 0 Å². The lowest BCUT2D eigenvalue weighted by Gasteiger charge is -2.09. The molecular formula is C17H21N3O3. The number of carboxylic acids is 1. The molecule has 0 aliphatic carbocycles. The van der Waals surface area contributed by atoms with Crippen molar-refractivity contribution in [2.45, 2.75) is 32.6 Å². The molecule has 2 aromatic rings. The maximum Gasteiger partial charge on any atom is 0.310 e. The van der Waals surface area contributed by atoms with E-state index < -0.39 is 11.9 Å². The molecule has 1 aromatic carbocycles. The second-order valence-electron chi connectivity index (χ2n) is 5.87. The molecular weight excluding hydrogens is 294 g/mol. The molecule has 1 atom stereocenters. The van der Waals surface area contributed by atoms with Crippen LogP contribution in [0.25, 0.3) is 0 Å². The van der Waals surface area contributed by atoms with Crippen LogP contribution in [0.5, 0.6) is 0 Å². The van der Waals surface area contributed by atoms with Crippen molar-refractivity contribution in [3.05, 3.63) is 47.3 Å². The van der Waals surface area contributed by atoms with Gasteiger partial charge in [0.2, 0.25) is 0 Å². The van der Waals surface area contributed by atoms with E-state index in [1.54, 1.807) is 49.0 Å². The molecule has 0 saturated carbocycles. The quantitative estimate of drug-likeness (QED) is 0.888. The zero-order chi connectivity index (χ0) is 17.1. The molecule has 122 valence electrons. The number of hydrogen-bond donors (Lipinski definition) is 2. The number of hydrogen-bond acceptors (Lipinski definition) is 3. The van der Waals surface area contributed by atoms with E-state index in [-0.39, 0.29) is 11.8 Å². The van der Waals surface area contributed by atoms with E-state index >= 15 is 0 Å². The Morgan fingerprint density at radius 1 is 1.17 bits per heavy atom. The summed E-state index contributed by atoms with van der Waals surface area (Å²) in [7, 11) is 1.73. The Hall–Kier alpha value is -2.63. The Morgan fingerprint density at radius 3 is 2.26 bits per heavy atom. The lowest BCUT2D eigenvalue weighted by molar-refractivity contribution is -0.138. The zero-order valence-electron chi connectivity index (χ0n) is 13.7. The lowest BCUT2D eigenvalue weighted by atomic mass is 10.0. The molecule has 6 heteroatoms. The normalized spacial score (nSPS) is 12.2. The van der Waals surface area contributed by atoms with Crippen molar-refractivity contribution in [3.63, 3.8) is 0 Å². The molecule has 0 radical (unpaired) electrons. The van der Waals surface area contributed by atoms with Gasteiger partial charge in [-0.2, -0.15) is 5.10 Å². The number of benzene rings is 1. The molecule has 0 aliphatic rings. The third-order valence-corrected chi connectivity index (χ3v) is 3.76. The number of rotatable bonds is 5. The van der Waals surface area contributed by atoms with Crippen molar-refractivity contribution in [2.24, 2.45) is 7.05 Å². The van der Waals surface area contributed by atoms with Crippen LogP contribution in [0.1, 0.15) is 54.4 Å². The van der Waals surface area contributed by atoms with E-state index in [1.807, 2.05) is 13.8 Å². The number of amides is 1. The molecule has 0 saturated heterocycles. The van der Waals surface area contributed by atoms with Crippen molar-refractivity contribution in [2.75, 3.05) is 5.32 Å². The van der Waals surface area contributed by atoms with Gasteiger partial charge in [0.05, 0.1) is 11.6 Å². The zero-order valence-corrected chi connectivity index (χ0v) is 13.7. The highest BCUT2D eigenvalue weighted by Gasteiger charge is 2.16. The third-order valence-electron chi connectivity index (χ3n) is 3.76. The summed E-state index contributed by atoms with van der Waals surface area (Å²) in [5.74, 6) is -1.45. The summed E-state index contributed by atoms with van der Waals surface area (Å²) in [6, 6.07) is 8.59. The molecule has 1 unspecified atom stereocenters. The fraction of sp³-hybridized carbons (Fsp3) is 0.353. The summed E-state index contributed by atoms with van der Waals surface area (Å²) in [4.78, 5) is 23.3. The van der Waals surface area contributed by atoms with Gasteiger partial charge < -0.3 is 10.4 Å². The Kier molecular flexibility index (Phi) is 4.83. The van der Waals surface area contributed by atoms with Gasteiger partial charge in [-0.15, -0.1) is 0 Å². The van der Waals surface area contributed by atoms with Crippen LogP contribution in [0.15, 0.2) is 30.3 Å². The van der Waals surface area contributed by atoms with Crippen LogP contribution in [0.4, 0.5) is 5.69 Å². The SMILES string of the molecule is CC(C)c1cc(C(=O)Nc2ccc(C(C)C(=O)O)cc2)n(C)n1. The van der Waals surface area contributed by atoms with Gasteiger partial charge in [-0.05, 0) is 36.6 Å². The second kappa shape index (κ2) is 6.64. The second-order valence-corrected chi connectivity index (χ2v) is 5.87. The molecule has 2 rings (SSSR count). The fourth-order valence-corrected chi connectivity index (χ4v) is 2.18. The van der Waals surface area contributed by atoms with E-state index in [4.69, 9.17) is 5.11 Å². The number of aliphatic carboxylic acids is 1. The number of nitrogens with zero attached hydrogens (tertiary/aromatic N) is 2. The Labute approximate surface area is 135 Å². The van der Waals surface area contributed by atoms with Crippen LogP contribution < -0.4 is 5.32 Å². The van der Waals surface area contributed by atoms with Gasteiger partial charge in [0.25, 0.3) is 5.91 Å². The molecule has 0 bridgehead atoms. The predicted molar refractivity (Wildman–Crippen MR) is 87.7 cm³/mol. The van der Waals surface area contributed by atoms with Crippen molar-refractivity contribution >= 4 is 17.6 Å². The van der Waals surface area contributed by atoms with Crippen molar-refractivity contribution in [1.29, 1.82) is 0 Å². The van der Waals surface area contributed by atoms with E-state index in [9.17, 15) is 9.59 Å². The summed E-state index contributed by atoms with van der Waals surface area (Å²) < 4.78 is 1.56. The maximum atomic E-state index is 12.3. The number of aromatic nitrogens is 2. The lowest BCUT2D eigenvalue weighted by Crippen LogP contribution is -2.16. The Morgan fingerprint density at radius 2 is 1.78 bits per heavy atom. The average Bonchev–Trinajstić information content (AvgIpc) is 2.89. The largest absolute Gasteiger partial charge is 0.481 e. The number of carbonyl (C=O) groups is 2. The first-order valence-electron chi connectivity index (χ1n) is 7.47. The topological polar surface area (TPSA) is 84.2 Å². The summed E-state index contributed by atoms with van der Waals surface area (Å²) in [6.45, 7) is 5.66. The molecule has 1 heterocycles. The minimum absolute atomic E-state index is 0.245. The highest BCUT2D eigenvalue weighted by atomic mass is 16.4. The van der Waals surface area contributed by atoms with Gasteiger partial charge in [-0.25, -0.2) is 0 Å². The summed E-state index contributed by atoms with van der Waals surface area (Å²) in [5.41, 5.74) is 2.65. The predicted octanol–water partition coefficient (Wildman–Crippen LogP) is 2.98. The smallest absolute Gasteiger partial charge is 0.310 e. The number of nitrogens with one attached hydrogen (secondary N) is 1. The van der Waals surface area contributed by atoms with E-state index in [1.165, 1.54) is 0 Å². The van der Waals surface area contributed by atoms with Crippen molar-refractivity contribution in [1.82, 2.24) is 9.78 Å². The molecule has 23 heavy (non-hydrogen) atoms. The van der Waals surface area contributed by atoms with Gasteiger partial charge in [-0.1, -0.05) is 26.0 Å². The first kappa shape index (κ1) is 16.7. The Balaban J connectivity index is 2.13. The van der Waals surface area contributed by atoms with Gasteiger partial charge in [-0.3, -0.25) is 14.3 Å². The standard InChI is InChI=1S/C17H21N3O3/c1-10(2)14-9-15(20(4)19-14)16(21)18-13-7-5-12(6-8-13)11(3)17(22)23/h5-11H,1-4H3,(H,18,21)(H,22,23). The minimum atomic E-state index is -0.877. The molecule has 0 fully saturated rings. The van der Waals surface area contributed by atoms with E-state index in [0.29, 0.717) is 16.9 Å². The fourth-order valence-electron chi connectivity index (χ4n) is 2.18. The van der Waals surface area contributed by atoms with Crippen molar-refractivity contribution < 1.29 is 14.7 Å². The Bertz CT molecular complexity index is 717. The van der Waals surface area contributed by atoms with Gasteiger partial charge >= 0.3 is 5.97 Å². The van der Waals surface area contributed by atoms with Crippen LogP contribution in [0.2, 0.25) is 0 Å². The van der Waals surface area contributed by atoms with Crippen LogP contribution in [-0.4, -0.2) is 26.8 Å². The molecule has 0 aliphatic heterocycles. The molecule has 0 spiro atoms. The number of anilines is 1. The summed E-state index contributed by atoms with van der Waals surface area (Å²) in [5, 5.41) is 16.1. The first-order chi connectivity index (χ1) is 10.8. The first-order valence-corrected chi connectivity index (χ1v) is 7.47.